The van der Waals surface area contributed by atoms with Crippen LogP contribution in [0.5, 0.6) is 0 Å². The zero-order chi connectivity index (χ0) is 15.5. The Labute approximate surface area is 124 Å². The van der Waals surface area contributed by atoms with Crippen LogP contribution in [0, 0.1) is 12.3 Å². The van der Waals surface area contributed by atoms with Crippen LogP contribution in [-0.4, -0.2) is 40.1 Å². The summed E-state index contributed by atoms with van der Waals surface area (Å²) >= 11 is 0. The lowest BCUT2D eigenvalue weighted by Gasteiger charge is -2.39. The van der Waals surface area contributed by atoms with Crippen molar-refractivity contribution in [3.05, 3.63) is 24.0 Å². The number of hydrogen-bond acceptors (Lipinski definition) is 3. The number of hydrogen-bond donors (Lipinski definition) is 2. The Balaban J connectivity index is 2.05. The molecule has 0 aliphatic carbocycles. The number of carboxylic acid groups (broad SMARTS) is 1. The number of aryl methyl sites for hydroxylation is 1. The maximum absolute atomic E-state index is 12.3. The summed E-state index contributed by atoms with van der Waals surface area (Å²) in [4.78, 5) is 29.5. The van der Waals surface area contributed by atoms with E-state index in [-0.39, 0.29) is 12.6 Å². The predicted molar refractivity (Wildman–Crippen MR) is 79.2 cm³/mol. The van der Waals surface area contributed by atoms with E-state index in [9.17, 15) is 14.7 Å². The molecule has 1 aromatic heterocycles. The molecule has 0 bridgehead atoms. The first-order valence-electron chi connectivity index (χ1n) is 7.19. The van der Waals surface area contributed by atoms with Gasteiger partial charge in [-0.25, -0.2) is 4.79 Å². The van der Waals surface area contributed by atoms with Crippen LogP contribution in [0.1, 0.15) is 31.9 Å². The van der Waals surface area contributed by atoms with Crippen molar-refractivity contribution in [2.45, 2.75) is 33.1 Å². The number of piperidine rings is 1. The fraction of sp³-hybridized carbons (Fsp3) is 0.533. The van der Waals surface area contributed by atoms with Crippen LogP contribution in [0.3, 0.4) is 0 Å². The number of carbonyl (C=O) groups is 2. The van der Waals surface area contributed by atoms with Crippen molar-refractivity contribution in [3.63, 3.8) is 0 Å². The number of carboxylic acids is 1. The van der Waals surface area contributed by atoms with Crippen molar-refractivity contribution >= 4 is 17.7 Å². The third-order valence-corrected chi connectivity index (χ3v) is 4.16. The van der Waals surface area contributed by atoms with Gasteiger partial charge in [0.2, 0.25) is 0 Å². The number of pyridine rings is 1. The Hall–Kier alpha value is -2.11. The molecule has 0 aromatic carbocycles. The quantitative estimate of drug-likeness (QED) is 0.896. The fourth-order valence-electron chi connectivity index (χ4n) is 2.66. The molecule has 2 rings (SSSR count). The lowest BCUT2D eigenvalue weighted by atomic mass is 9.78. The van der Waals surface area contributed by atoms with E-state index in [4.69, 9.17) is 0 Å². The molecule has 2 heterocycles. The highest BCUT2D eigenvalue weighted by Gasteiger charge is 2.42. The topological polar surface area (TPSA) is 82.5 Å². The highest BCUT2D eigenvalue weighted by molar-refractivity contribution is 5.89. The number of likely N-dealkylation sites (tertiary alicyclic amines) is 1. The summed E-state index contributed by atoms with van der Waals surface area (Å²) in [6.07, 6.45) is 3.45. The second-order valence-electron chi connectivity index (χ2n) is 5.58. The molecule has 1 fully saturated rings. The first-order valence-corrected chi connectivity index (χ1v) is 7.19. The van der Waals surface area contributed by atoms with Crippen molar-refractivity contribution < 1.29 is 14.7 Å². The number of amides is 2. The molecular weight excluding hydrogens is 270 g/mol. The maximum atomic E-state index is 12.3. The van der Waals surface area contributed by atoms with E-state index in [1.54, 1.807) is 17.2 Å². The normalized spacial score (nSPS) is 21.9. The van der Waals surface area contributed by atoms with Gasteiger partial charge in [0, 0.05) is 18.8 Å². The fourth-order valence-corrected chi connectivity index (χ4v) is 2.66. The van der Waals surface area contributed by atoms with Gasteiger partial charge in [-0.1, -0.05) is 6.92 Å². The molecule has 1 saturated heterocycles. The second kappa shape index (κ2) is 6.11. The van der Waals surface area contributed by atoms with Crippen LogP contribution in [0.4, 0.5) is 10.5 Å². The van der Waals surface area contributed by atoms with Gasteiger partial charge < -0.3 is 15.3 Å². The van der Waals surface area contributed by atoms with Crippen LogP contribution in [0.2, 0.25) is 0 Å². The number of urea groups is 1. The van der Waals surface area contributed by atoms with Crippen molar-refractivity contribution in [2.24, 2.45) is 5.41 Å². The third-order valence-electron chi connectivity index (χ3n) is 4.16. The van der Waals surface area contributed by atoms with Gasteiger partial charge >= 0.3 is 12.0 Å². The molecule has 2 amide bonds. The SMILES string of the molecule is CCC1(C(=O)O)CCCN(C(=O)Nc2ccc(C)nc2)C1. The van der Waals surface area contributed by atoms with Crippen LogP contribution in [-0.2, 0) is 4.79 Å². The van der Waals surface area contributed by atoms with Crippen LogP contribution < -0.4 is 5.32 Å². The smallest absolute Gasteiger partial charge is 0.321 e. The summed E-state index contributed by atoms with van der Waals surface area (Å²) in [6, 6.07) is 3.34. The molecule has 1 unspecified atom stereocenters. The Kier molecular flexibility index (Phi) is 4.45. The van der Waals surface area contributed by atoms with E-state index in [0.29, 0.717) is 31.5 Å². The second-order valence-corrected chi connectivity index (χ2v) is 5.58. The van der Waals surface area contributed by atoms with Gasteiger partial charge in [0.15, 0.2) is 0 Å². The maximum Gasteiger partial charge on any atom is 0.321 e. The van der Waals surface area contributed by atoms with Gasteiger partial charge in [-0.2, -0.15) is 0 Å². The molecule has 1 aliphatic heterocycles. The van der Waals surface area contributed by atoms with Gasteiger partial charge in [0.05, 0.1) is 17.3 Å². The van der Waals surface area contributed by atoms with E-state index < -0.39 is 11.4 Å². The molecule has 6 nitrogen and oxygen atoms in total. The molecule has 21 heavy (non-hydrogen) atoms. The van der Waals surface area contributed by atoms with E-state index in [1.165, 1.54) is 0 Å². The number of aromatic nitrogens is 1. The standard InChI is InChI=1S/C15H21N3O3/c1-3-15(13(19)20)7-4-8-18(10-15)14(21)17-12-6-5-11(2)16-9-12/h5-6,9H,3-4,7-8,10H2,1-2H3,(H,17,21)(H,19,20). The highest BCUT2D eigenvalue weighted by Crippen LogP contribution is 2.33. The van der Waals surface area contributed by atoms with Crippen molar-refractivity contribution in [2.75, 3.05) is 18.4 Å². The first kappa shape index (κ1) is 15.3. The first-order chi connectivity index (χ1) is 9.97. The molecule has 0 spiro atoms. The van der Waals surface area contributed by atoms with Gasteiger partial charge in [-0.3, -0.25) is 9.78 Å². The van der Waals surface area contributed by atoms with Gasteiger partial charge in [0.25, 0.3) is 0 Å². The minimum Gasteiger partial charge on any atom is -0.481 e. The lowest BCUT2D eigenvalue weighted by Crippen LogP contribution is -2.50. The molecule has 114 valence electrons. The number of nitrogens with zero attached hydrogens (tertiary/aromatic N) is 2. The summed E-state index contributed by atoms with van der Waals surface area (Å²) in [7, 11) is 0. The average Bonchev–Trinajstić information content (AvgIpc) is 2.49. The summed E-state index contributed by atoms with van der Waals surface area (Å²) in [6.45, 7) is 4.57. The minimum absolute atomic E-state index is 0.254. The zero-order valence-corrected chi connectivity index (χ0v) is 12.4. The van der Waals surface area contributed by atoms with E-state index >= 15 is 0 Å². The van der Waals surface area contributed by atoms with Crippen LogP contribution in [0.25, 0.3) is 0 Å². The molecule has 1 aromatic rings. The third kappa shape index (κ3) is 3.32. The number of carbonyl (C=O) groups excluding carboxylic acids is 1. The number of nitrogens with one attached hydrogen (secondary N) is 1. The van der Waals surface area contributed by atoms with E-state index in [0.717, 1.165) is 5.69 Å². The average molecular weight is 291 g/mol. The van der Waals surface area contributed by atoms with Gasteiger partial charge in [-0.15, -0.1) is 0 Å². The number of aliphatic carboxylic acids is 1. The van der Waals surface area contributed by atoms with Crippen molar-refractivity contribution in [1.29, 1.82) is 0 Å². The van der Waals surface area contributed by atoms with Crippen LogP contribution >= 0.6 is 0 Å². The molecule has 1 atom stereocenters. The molecule has 6 heteroatoms. The molecule has 1 aliphatic rings. The van der Waals surface area contributed by atoms with Crippen LogP contribution in [0.15, 0.2) is 18.3 Å². The summed E-state index contributed by atoms with van der Waals surface area (Å²) < 4.78 is 0. The van der Waals surface area contributed by atoms with E-state index in [1.807, 2.05) is 19.9 Å². The number of rotatable bonds is 3. The Morgan fingerprint density at radius 2 is 2.24 bits per heavy atom. The largest absolute Gasteiger partial charge is 0.481 e. The van der Waals surface area contributed by atoms with Crippen molar-refractivity contribution in [1.82, 2.24) is 9.88 Å². The lowest BCUT2D eigenvalue weighted by molar-refractivity contribution is -0.152. The van der Waals surface area contributed by atoms with Crippen molar-refractivity contribution in [3.8, 4) is 0 Å². The summed E-state index contributed by atoms with van der Waals surface area (Å²) in [5.74, 6) is -0.820. The van der Waals surface area contributed by atoms with E-state index in [2.05, 4.69) is 10.3 Å². The monoisotopic (exact) mass is 291 g/mol. The molecule has 0 saturated carbocycles. The highest BCUT2D eigenvalue weighted by atomic mass is 16.4. The predicted octanol–water partition coefficient (Wildman–Crippen LogP) is 2.50. The number of anilines is 1. The van der Waals surface area contributed by atoms with Gasteiger partial charge in [0.1, 0.15) is 0 Å². The summed E-state index contributed by atoms with van der Waals surface area (Å²) in [5, 5.41) is 12.2. The molecular formula is C15H21N3O3. The Morgan fingerprint density at radius 1 is 1.48 bits per heavy atom. The molecule has 0 radical (unpaired) electrons. The molecule has 2 N–H and O–H groups in total. The minimum atomic E-state index is -0.820. The zero-order valence-electron chi connectivity index (χ0n) is 12.4. The van der Waals surface area contributed by atoms with Gasteiger partial charge in [-0.05, 0) is 38.3 Å². The summed E-state index contributed by atoms with van der Waals surface area (Å²) in [5.41, 5.74) is 0.677. The Morgan fingerprint density at radius 3 is 2.81 bits per heavy atom. The Bertz CT molecular complexity index is 529.